The van der Waals surface area contributed by atoms with Gasteiger partial charge in [0.1, 0.15) is 0 Å². The summed E-state index contributed by atoms with van der Waals surface area (Å²) in [5, 5.41) is 3.44. The van der Waals surface area contributed by atoms with E-state index in [-0.39, 0.29) is 11.9 Å². The topological polar surface area (TPSA) is 58.4 Å². The summed E-state index contributed by atoms with van der Waals surface area (Å²) in [7, 11) is 2.18. The number of carbonyl (C=O) groups is 1. The molecule has 0 aromatic rings. The summed E-state index contributed by atoms with van der Waals surface area (Å²) >= 11 is 0. The first kappa shape index (κ1) is 17.4. The Labute approximate surface area is 124 Å². The summed E-state index contributed by atoms with van der Waals surface area (Å²) in [6.45, 7) is 9.76. The summed E-state index contributed by atoms with van der Waals surface area (Å²) in [5.74, 6) is 0.531. The molecule has 0 spiro atoms. The molecule has 1 aliphatic carbocycles. The fourth-order valence-electron chi connectivity index (χ4n) is 3.25. The maximum absolute atomic E-state index is 12.0. The first-order valence-electron chi connectivity index (χ1n) is 8.04. The van der Waals surface area contributed by atoms with Crippen molar-refractivity contribution in [2.24, 2.45) is 11.7 Å². The van der Waals surface area contributed by atoms with Gasteiger partial charge < -0.3 is 16.0 Å². The fourth-order valence-corrected chi connectivity index (χ4v) is 3.25. The highest BCUT2D eigenvalue weighted by atomic mass is 16.1. The van der Waals surface area contributed by atoms with Crippen molar-refractivity contribution < 1.29 is 4.79 Å². The molecule has 1 fully saturated rings. The highest BCUT2D eigenvalue weighted by molar-refractivity contribution is 5.85. The first-order valence-corrected chi connectivity index (χ1v) is 8.04. The summed E-state index contributed by atoms with van der Waals surface area (Å²) in [6.07, 6.45) is 5.15. The summed E-state index contributed by atoms with van der Waals surface area (Å²) in [5.41, 5.74) is 5.20. The molecule has 1 rings (SSSR count). The minimum absolute atomic E-state index is 0.187. The number of carbonyl (C=O) groups excluding carboxylic acids is 1. The predicted octanol–water partition coefficient (Wildman–Crippen LogP) is 2.13. The van der Waals surface area contributed by atoms with E-state index < -0.39 is 5.54 Å². The maximum Gasteiger partial charge on any atom is 0.237 e. The highest BCUT2D eigenvalue weighted by Crippen LogP contribution is 2.31. The Bertz CT molecular complexity index is 317. The summed E-state index contributed by atoms with van der Waals surface area (Å²) in [6, 6.07) is 0.739. The van der Waals surface area contributed by atoms with Crippen LogP contribution in [-0.2, 0) is 4.79 Å². The average molecular weight is 283 g/mol. The van der Waals surface area contributed by atoms with E-state index in [0.29, 0.717) is 6.04 Å². The molecule has 0 saturated heterocycles. The van der Waals surface area contributed by atoms with Crippen molar-refractivity contribution >= 4 is 5.91 Å². The Morgan fingerprint density at radius 1 is 1.40 bits per heavy atom. The molecule has 4 heteroatoms. The van der Waals surface area contributed by atoms with Gasteiger partial charge in [-0.2, -0.15) is 0 Å². The normalized spacial score (nSPS) is 27.5. The van der Waals surface area contributed by atoms with Gasteiger partial charge in [-0.15, -0.1) is 0 Å². The molecule has 0 aromatic carbocycles. The van der Waals surface area contributed by atoms with E-state index in [1.165, 1.54) is 12.8 Å². The lowest BCUT2D eigenvalue weighted by molar-refractivity contribution is -0.127. The molecule has 0 bridgehead atoms. The van der Waals surface area contributed by atoms with Crippen LogP contribution in [0, 0.1) is 5.92 Å². The number of rotatable bonds is 7. The Balaban J connectivity index is 2.69. The van der Waals surface area contributed by atoms with Gasteiger partial charge in [0, 0.05) is 12.1 Å². The third-order valence-corrected chi connectivity index (χ3v) is 4.44. The SMILES string of the molecule is CC(C)CCN(C)C1CCCC(NC(C)C)(C(N)=O)C1. The number of amides is 1. The third-order valence-electron chi connectivity index (χ3n) is 4.44. The van der Waals surface area contributed by atoms with E-state index in [0.717, 1.165) is 31.7 Å². The molecule has 20 heavy (non-hydrogen) atoms. The molecule has 1 amide bonds. The van der Waals surface area contributed by atoms with E-state index in [1.807, 2.05) is 0 Å². The molecule has 0 radical (unpaired) electrons. The van der Waals surface area contributed by atoms with Crippen LogP contribution < -0.4 is 11.1 Å². The molecule has 1 aliphatic rings. The van der Waals surface area contributed by atoms with E-state index >= 15 is 0 Å². The zero-order valence-corrected chi connectivity index (χ0v) is 13.9. The van der Waals surface area contributed by atoms with Crippen LogP contribution in [-0.4, -0.2) is 42.0 Å². The largest absolute Gasteiger partial charge is 0.368 e. The van der Waals surface area contributed by atoms with Gasteiger partial charge in [-0.3, -0.25) is 4.79 Å². The molecule has 2 unspecified atom stereocenters. The van der Waals surface area contributed by atoms with Crippen LogP contribution in [0.25, 0.3) is 0 Å². The van der Waals surface area contributed by atoms with Crippen molar-refractivity contribution in [2.45, 2.75) is 77.4 Å². The number of hydrogen-bond acceptors (Lipinski definition) is 3. The van der Waals surface area contributed by atoms with Crippen LogP contribution in [0.2, 0.25) is 0 Å². The minimum atomic E-state index is -0.511. The summed E-state index contributed by atoms with van der Waals surface area (Å²) < 4.78 is 0. The van der Waals surface area contributed by atoms with E-state index in [2.05, 4.69) is 45.0 Å². The lowest BCUT2D eigenvalue weighted by Gasteiger charge is -2.43. The maximum atomic E-state index is 12.0. The van der Waals surface area contributed by atoms with Gasteiger partial charge in [0.15, 0.2) is 0 Å². The van der Waals surface area contributed by atoms with Crippen LogP contribution in [0.15, 0.2) is 0 Å². The molecular weight excluding hydrogens is 250 g/mol. The van der Waals surface area contributed by atoms with E-state index in [4.69, 9.17) is 5.73 Å². The standard InChI is InChI=1S/C16H33N3O/c1-12(2)8-10-19(5)14-7-6-9-16(11-14,15(17)20)18-13(3)4/h12-14,18H,6-11H2,1-5H3,(H2,17,20). The first-order chi connectivity index (χ1) is 9.27. The van der Waals surface area contributed by atoms with Gasteiger partial charge in [0.25, 0.3) is 0 Å². The third kappa shape index (κ3) is 4.74. The van der Waals surface area contributed by atoms with Gasteiger partial charge in [0.05, 0.1) is 5.54 Å². The Morgan fingerprint density at radius 2 is 2.05 bits per heavy atom. The fraction of sp³-hybridized carbons (Fsp3) is 0.938. The lowest BCUT2D eigenvalue weighted by Crippen LogP contribution is -2.62. The molecule has 0 aliphatic heterocycles. The van der Waals surface area contributed by atoms with E-state index in [9.17, 15) is 4.79 Å². The van der Waals surface area contributed by atoms with Gasteiger partial charge in [-0.25, -0.2) is 0 Å². The quantitative estimate of drug-likeness (QED) is 0.752. The van der Waals surface area contributed by atoms with Gasteiger partial charge in [-0.1, -0.05) is 13.8 Å². The number of nitrogens with two attached hydrogens (primary N) is 1. The lowest BCUT2D eigenvalue weighted by atomic mass is 9.77. The van der Waals surface area contributed by atoms with Gasteiger partial charge in [0.2, 0.25) is 5.91 Å². The van der Waals surface area contributed by atoms with Crippen molar-refractivity contribution in [1.29, 1.82) is 0 Å². The molecule has 4 nitrogen and oxygen atoms in total. The van der Waals surface area contributed by atoms with E-state index in [1.54, 1.807) is 0 Å². The van der Waals surface area contributed by atoms with Crippen LogP contribution >= 0.6 is 0 Å². The van der Waals surface area contributed by atoms with Gasteiger partial charge >= 0.3 is 0 Å². The molecule has 118 valence electrons. The molecular formula is C16H33N3O. The molecule has 0 aromatic heterocycles. The van der Waals surface area contributed by atoms with Crippen LogP contribution in [0.5, 0.6) is 0 Å². The zero-order valence-electron chi connectivity index (χ0n) is 13.9. The monoisotopic (exact) mass is 283 g/mol. The molecule has 0 heterocycles. The number of hydrogen-bond donors (Lipinski definition) is 2. The minimum Gasteiger partial charge on any atom is -0.368 e. The Morgan fingerprint density at radius 3 is 2.55 bits per heavy atom. The highest BCUT2D eigenvalue weighted by Gasteiger charge is 2.42. The second-order valence-electron chi connectivity index (χ2n) is 7.16. The average Bonchev–Trinajstić information content (AvgIpc) is 2.35. The van der Waals surface area contributed by atoms with Crippen molar-refractivity contribution in [1.82, 2.24) is 10.2 Å². The number of primary amides is 1. The van der Waals surface area contributed by atoms with Crippen molar-refractivity contribution in [3.63, 3.8) is 0 Å². The second-order valence-corrected chi connectivity index (χ2v) is 7.16. The van der Waals surface area contributed by atoms with Crippen LogP contribution in [0.4, 0.5) is 0 Å². The molecule has 2 atom stereocenters. The number of nitrogens with zero attached hydrogens (tertiary/aromatic N) is 1. The Kier molecular flexibility index (Phi) is 6.46. The van der Waals surface area contributed by atoms with Crippen molar-refractivity contribution in [3.8, 4) is 0 Å². The summed E-state index contributed by atoms with van der Waals surface area (Å²) in [4.78, 5) is 14.4. The molecule has 3 N–H and O–H groups in total. The predicted molar refractivity (Wildman–Crippen MR) is 84.5 cm³/mol. The zero-order chi connectivity index (χ0) is 15.3. The van der Waals surface area contributed by atoms with Crippen LogP contribution in [0.3, 0.4) is 0 Å². The smallest absolute Gasteiger partial charge is 0.237 e. The van der Waals surface area contributed by atoms with Crippen molar-refractivity contribution in [2.75, 3.05) is 13.6 Å². The van der Waals surface area contributed by atoms with Gasteiger partial charge in [-0.05, 0) is 65.5 Å². The molecule has 1 saturated carbocycles. The second kappa shape index (κ2) is 7.41. The van der Waals surface area contributed by atoms with Crippen LogP contribution in [0.1, 0.15) is 59.8 Å². The Hall–Kier alpha value is -0.610. The number of nitrogens with one attached hydrogen (secondary N) is 1. The van der Waals surface area contributed by atoms with Crippen molar-refractivity contribution in [3.05, 3.63) is 0 Å².